The van der Waals surface area contributed by atoms with E-state index in [1.807, 2.05) is 0 Å². The molecule has 0 aromatic rings. The van der Waals surface area contributed by atoms with Crippen molar-refractivity contribution >= 4 is 5.91 Å². The fourth-order valence-corrected chi connectivity index (χ4v) is 2.28. The van der Waals surface area contributed by atoms with Crippen LogP contribution in [-0.2, 0) is 4.79 Å². The van der Waals surface area contributed by atoms with Crippen molar-refractivity contribution in [2.75, 3.05) is 6.54 Å². The zero-order chi connectivity index (χ0) is 9.10. The lowest BCUT2D eigenvalue weighted by molar-refractivity contribution is -0.123. The Morgan fingerprint density at radius 1 is 1.15 bits per heavy atom. The van der Waals surface area contributed by atoms with E-state index in [1.165, 1.54) is 25.7 Å². The number of nitrogens with one attached hydrogen (secondary N) is 2. The summed E-state index contributed by atoms with van der Waals surface area (Å²) in [5.74, 6) is 0.226. The highest BCUT2D eigenvalue weighted by molar-refractivity contribution is 5.82. The van der Waals surface area contributed by atoms with Crippen molar-refractivity contribution in [1.29, 1.82) is 0 Å². The standard InChI is InChI=1S/C10H18N2O/c13-10(9-6-3-7-11-9)12-8-4-1-2-5-8/h8-9,11H,1-7H2,(H,12,13). The van der Waals surface area contributed by atoms with Crippen LogP contribution in [0.15, 0.2) is 0 Å². The number of amides is 1. The fourth-order valence-electron chi connectivity index (χ4n) is 2.28. The highest BCUT2D eigenvalue weighted by Gasteiger charge is 2.25. The van der Waals surface area contributed by atoms with Gasteiger partial charge >= 0.3 is 0 Å². The van der Waals surface area contributed by atoms with Gasteiger partial charge in [0.15, 0.2) is 0 Å². The largest absolute Gasteiger partial charge is 0.352 e. The van der Waals surface area contributed by atoms with Crippen LogP contribution in [0.2, 0.25) is 0 Å². The van der Waals surface area contributed by atoms with E-state index in [0.29, 0.717) is 6.04 Å². The van der Waals surface area contributed by atoms with E-state index in [1.54, 1.807) is 0 Å². The monoisotopic (exact) mass is 182 g/mol. The lowest BCUT2D eigenvalue weighted by Gasteiger charge is -2.15. The van der Waals surface area contributed by atoms with Crippen LogP contribution in [0.5, 0.6) is 0 Å². The van der Waals surface area contributed by atoms with Gasteiger partial charge < -0.3 is 10.6 Å². The number of hydrogen-bond donors (Lipinski definition) is 2. The van der Waals surface area contributed by atoms with Crippen molar-refractivity contribution in [1.82, 2.24) is 10.6 Å². The molecular weight excluding hydrogens is 164 g/mol. The number of hydrogen-bond acceptors (Lipinski definition) is 2. The summed E-state index contributed by atoms with van der Waals surface area (Å²) in [6.07, 6.45) is 7.07. The summed E-state index contributed by atoms with van der Waals surface area (Å²) in [7, 11) is 0. The molecule has 0 bridgehead atoms. The normalized spacial score (nSPS) is 29.4. The van der Waals surface area contributed by atoms with Gasteiger partial charge in [0.2, 0.25) is 5.91 Å². The van der Waals surface area contributed by atoms with E-state index in [2.05, 4.69) is 10.6 Å². The molecule has 0 spiro atoms. The summed E-state index contributed by atoms with van der Waals surface area (Å²) in [5, 5.41) is 6.34. The SMILES string of the molecule is O=C(NC1CCCC1)C1CCCN1. The van der Waals surface area contributed by atoms with Gasteiger partial charge in [0.1, 0.15) is 0 Å². The minimum Gasteiger partial charge on any atom is -0.352 e. The molecule has 0 radical (unpaired) electrons. The molecule has 1 saturated heterocycles. The third-order valence-electron chi connectivity index (χ3n) is 3.08. The lowest BCUT2D eigenvalue weighted by atomic mass is 10.2. The first kappa shape index (κ1) is 9.00. The lowest BCUT2D eigenvalue weighted by Crippen LogP contribution is -2.44. The third-order valence-corrected chi connectivity index (χ3v) is 3.08. The Kier molecular flexibility index (Phi) is 2.83. The average molecular weight is 182 g/mol. The Labute approximate surface area is 79.3 Å². The van der Waals surface area contributed by atoms with Crippen LogP contribution in [0.1, 0.15) is 38.5 Å². The van der Waals surface area contributed by atoms with Crippen LogP contribution in [0.3, 0.4) is 0 Å². The third kappa shape index (κ3) is 2.21. The summed E-state index contributed by atoms with van der Waals surface area (Å²) in [6, 6.07) is 0.565. The molecule has 2 fully saturated rings. The second-order valence-electron chi connectivity index (χ2n) is 4.14. The average Bonchev–Trinajstić information content (AvgIpc) is 2.74. The molecule has 3 nitrogen and oxygen atoms in total. The van der Waals surface area contributed by atoms with E-state index in [9.17, 15) is 4.79 Å². The summed E-state index contributed by atoms with van der Waals surface area (Å²) in [6.45, 7) is 1.00. The summed E-state index contributed by atoms with van der Waals surface area (Å²) in [4.78, 5) is 11.6. The maximum Gasteiger partial charge on any atom is 0.237 e. The van der Waals surface area contributed by atoms with E-state index >= 15 is 0 Å². The van der Waals surface area contributed by atoms with Crippen molar-refractivity contribution in [3.63, 3.8) is 0 Å². The number of rotatable bonds is 2. The van der Waals surface area contributed by atoms with Crippen molar-refractivity contribution in [2.45, 2.75) is 50.6 Å². The smallest absolute Gasteiger partial charge is 0.237 e. The van der Waals surface area contributed by atoms with Crippen LogP contribution < -0.4 is 10.6 Å². The summed E-state index contributed by atoms with van der Waals surface area (Å²) < 4.78 is 0. The molecule has 1 aliphatic heterocycles. The van der Waals surface area contributed by atoms with Gasteiger partial charge in [0, 0.05) is 6.04 Å². The minimum absolute atomic E-state index is 0.0978. The van der Waals surface area contributed by atoms with Crippen molar-refractivity contribution in [3.8, 4) is 0 Å². The molecule has 1 saturated carbocycles. The second kappa shape index (κ2) is 4.09. The van der Waals surface area contributed by atoms with Crippen LogP contribution >= 0.6 is 0 Å². The Hall–Kier alpha value is -0.570. The van der Waals surface area contributed by atoms with Gasteiger partial charge in [0.25, 0.3) is 0 Å². The Morgan fingerprint density at radius 3 is 2.54 bits per heavy atom. The molecule has 13 heavy (non-hydrogen) atoms. The summed E-state index contributed by atoms with van der Waals surface area (Å²) in [5.41, 5.74) is 0. The molecule has 2 rings (SSSR count). The molecular formula is C10H18N2O. The maximum absolute atomic E-state index is 11.6. The molecule has 74 valence electrons. The van der Waals surface area contributed by atoms with Gasteiger partial charge in [-0.05, 0) is 32.2 Å². The molecule has 1 atom stereocenters. The van der Waals surface area contributed by atoms with Gasteiger partial charge in [-0.15, -0.1) is 0 Å². The first-order valence-corrected chi connectivity index (χ1v) is 5.40. The molecule has 2 N–H and O–H groups in total. The minimum atomic E-state index is 0.0978. The van der Waals surface area contributed by atoms with Crippen LogP contribution in [0.25, 0.3) is 0 Å². The first-order chi connectivity index (χ1) is 6.36. The molecule has 3 heteroatoms. The topological polar surface area (TPSA) is 41.1 Å². The van der Waals surface area contributed by atoms with E-state index in [0.717, 1.165) is 19.4 Å². The fraction of sp³-hybridized carbons (Fsp3) is 0.900. The van der Waals surface area contributed by atoms with Crippen LogP contribution in [0.4, 0.5) is 0 Å². The molecule has 1 unspecified atom stereocenters. The van der Waals surface area contributed by atoms with Crippen molar-refractivity contribution in [3.05, 3.63) is 0 Å². The Morgan fingerprint density at radius 2 is 1.92 bits per heavy atom. The predicted molar refractivity (Wildman–Crippen MR) is 51.4 cm³/mol. The second-order valence-corrected chi connectivity index (χ2v) is 4.14. The molecule has 0 aromatic heterocycles. The Balaban J connectivity index is 1.76. The zero-order valence-electron chi connectivity index (χ0n) is 8.01. The van der Waals surface area contributed by atoms with Crippen molar-refractivity contribution < 1.29 is 4.79 Å². The van der Waals surface area contributed by atoms with Gasteiger partial charge in [0.05, 0.1) is 6.04 Å². The highest BCUT2D eigenvalue weighted by atomic mass is 16.2. The number of carbonyl (C=O) groups excluding carboxylic acids is 1. The van der Waals surface area contributed by atoms with Gasteiger partial charge in [-0.2, -0.15) is 0 Å². The van der Waals surface area contributed by atoms with Crippen LogP contribution in [0, 0.1) is 0 Å². The first-order valence-electron chi connectivity index (χ1n) is 5.40. The molecule has 1 aliphatic carbocycles. The summed E-state index contributed by atoms with van der Waals surface area (Å²) >= 11 is 0. The van der Waals surface area contributed by atoms with Gasteiger partial charge in [-0.1, -0.05) is 12.8 Å². The van der Waals surface area contributed by atoms with Crippen LogP contribution in [-0.4, -0.2) is 24.5 Å². The molecule has 1 amide bonds. The van der Waals surface area contributed by atoms with Gasteiger partial charge in [-0.3, -0.25) is 4.79 Å². The molecule has 1 heterocycles. The van der Waals surface area contributed by atoms with Gasteiger partial charge in [-0.25, -0.2) is 0 Å². The highest BCUT2D eigenvalue weighted by Crippen LogP contribution is 2.18. The number of carbonyl (C=O) groups is 1. The van der Waals surface area contributed by atoms with E-state index < -0.39 is 0 Å². The predicted octanol–water partition coefficient (Wildman–Crippen LogP) is 0.797. The molecule has 0 aromatic carbocycles. The van der Waals surface area contributed by atoms with Crippen molar-refractivity contribution in [2.24, 2.45) is 0 Å². The zero-order valence-corrected chi connectivity index (χ0v) is 8.01. The molecule has 2 aliphatic rings. The van der Waals surface area contributed by atoms with E-state index in [-0.39, 0.29) is 11.9 Å². The Bertz CT molecular complexity index is 181. The maximum atomic E-state index is 11.6. The van der Waals surface area contributed by atoms with E-state index in [4.69, 9.17) is 0 Å². The quantitative estimate of drug-likeness (QED) is 0.663.